The molecule has 0 fully saturated rings. The number of hydrogen-bond donors (Lipinski definition) is 1. The molecule has 0 aromatic heterocycles. The van der Waals surface area contributed by atoms with Crippen LogP contribution >= 0.6 is 0 Å². The normalized spacial score (nSPS) is 10.9. The largest absolute Gasteiger partial charge is 0.314 e. The second-order valence-corrected chi connectivity index (χ2v) is 3.61. The number of benzene rings is 1. The fraction of sp³-hybridized carbons (Fsp3) is 0.455. The van der Waals surface area contributed by atoms with Crippen LogP contribution in [-0.2, 0) is 6.42 Å². The topological polar surface area (TPSA) is 12.0 Å². The molecule has 1 aromatic carbocycles. The highest BCUT2D eigenvalue weighted by Crippen LogP contribution is 2.08. The van der Waals surface area contributed by atoms with Crippen LogP contribution in [-0.4, -0.2) is 12.6 Å². The summed E-state index contributed by atoms with van der Waals surface area (Å²) in [5.74, 6) is -1.56. The molecule has 0 aliphatic rings. The molecule has 0 atom stereocenters. The van der Waals surface area contributed by atoms with Gasteiger partial charge in [-0.05, 0) is 30.7 Å². The first-order valence-corrected chi connectivity index (χ1v) is 4.77. The summed E-state index contributed by atoms with van der Waals surface area (Å²) < 4.78 is 25.3. The summed E-state index contributed by atoms with van der Waals surface area (Å²) in [7, 11) is 0. The van der Waals surface area contributed by atoms with E-state index in [2.05, 4.69) is 5.32 Å². The summed E-state index contributed by atoms with van der Waals surface area (Å²) in [5.41, 5.74) is 0.817. The first-order chi connectivity index (χ1) is 6.59. The van der Waals surface area contributed by atoms with E-state index in [1.165, 1.54) is 12.1 Å². The van der Waals surface area contributed by atoms with E-state index in [0.717, 1.165) is 18.5 Å². The average molecular weight is 199 g/mol. The number of nitrogens with one attached hydrogen (secondary N) is 1. The Balaban J connectivity index is 2.47. The van der Waals surface area contributed by atoms with E-state index < -0.39 is 11.6 Å². The summed E-state index contributed by atoms with van der Waals surface area (Å²) in [6.45, 7) is 4.87. The molecule has 14 heavy (non-hydrogen) atoms. The zero-order valence-corrected chi connectivity index (χ0v) is 8.48. The van der Waals surface area contributed by atoms with Crippen molar-refractivity contribution in [1.29, 1.82) is 0 Å². The molecule has 1 N–H and O–H groups in total. The maximum Gasteiger partial charge on any atom is 0.159 e. The van der Waals surface area contributed by atoms with Crippen LogP contribution in [0.5, 0.6) is 0 Å². The van der Waals surface area contributed by atoms with Crippen molar-refractivity contribution in [3.8, 4) is 0 Å². The van der Waals surface area contributed by atoms with Crippen LogP contribution in [0.4, 0.5) is 8.78 Å². The van der Waals surface area contributed by atoms with Gasteiger partial charge in [-0.1, -0.05) is 19.9 Å². The Morgan fingerprint density at radius 3 is 2.50 bits per heavy atom. The minimum absolute atomic E-state index is 0.417. The molecule has 0 saturated heterocycles. The smallest absolute Gasteiger partial charge is 0.159 e. The van der Waals surface area contributed by atoms with Crippen LogP contribution < -0.4 is 5.32 Å². The van der Waals surface area contributed by atoms with Gasteiger partial charge in [0.15, 0.2) is 11.6 Å². The van der Waals surface area contributed by atoms with E-state index in [-0.39, 0.29) is 0 Å². The van der Waals surface area contributed by atoms with Crippen LogP contribution in [0.1, 0.15) is 19.4 Å². The van der Waals surface area contributed by atoms with Crippen LogP contribution in [0.2, 0.25) is 0 Å². The molecule has 0 radical (unpaired) electrons. The summed E-state index contributed by atoms with van der Waals surface area (Å²) in [6.07, 6.45) is 0.718. The Labute approximate surface area is 83.1 Å². The van der Waals surface area contributed by atoms with E-state index >= 15 is 0 Å². The predicted octanol–water partition coefficient (Wildman–Crippen LogP) is 2.51. The summed E-state index contributed by atoms with van der Waals surface area (Å²) in [5, 5.41) is 3.21. The molecule has 0 aliphatic heterocycles. The molecule has 1 rings (SSSR count). The standard InChI is InChI=1S/C11H15F2N/c1-8(2)14-6-5-9-3-4-10(12)11(13)7-9/h3-4,7-8,14H,5-6H2,1-2H3. The first kappa shape index (κ1) is 11.1. The van der Waals surface area contributed by atoms with Crippen molar-refractivity contribution in [3.05, 3.63) is 35.4 Å². The lowest BCUT2D eigenvalue weighted by atomic mass is 10.1. The minimum Gasteiger partial charge on any atom is -0.314 e. The lowest BCUT2D eigenvalue weighted by Crippen LogP contribution is -2.24. The molecule has 0 spiro atoms. The SMILES string of the molecule is CC(C)NCCc1ccc(F)c(F)c1. The van der Waals surface area contributed by atoms with Crippen LogP contribution in [0.25, 0.3) is 0 Å². The molecule has 0 heterocycles. The minimum atomic E-state index is -0.787. The zero-order chi connectivity index (χ0) is 10.6. The van der Waals surface area contributed by atoms with E-state index in [0.29, 0.717) is 6.04 Å². The third-order valence-corrected chi connectivity index (χ3v) is 1.95. The Morgan fingerprint density at radius 1 is 1.21 bits per heavy atom. The summed E-state index contributed by atoms with van der Waals surface area (Å²) in [6, 6.07) is 4.44. The van der Waals surface area contributed by atoms with Gasteiger partial charge in [-0.3, -0.25) is 0 Å². The molecular formula is C11H15F2N. The van der Waals surface area contributed by atoms with Gasteiger partial charge in [-0.15, -0.1) is 0 Å². The van der Waals surface area contributed by atoms with Crippen molar-refractivity contribution in [3.63, 3.8) is 0 Å². The van der Waals surface area contributed by atoms with Gasteiger partial charge in [0, 0.05) is 6.04 Å². The molecule has 0 saturated carbocycles. The predicted molar refractivity (Wildman–Crippen MR) is 53.2 cm³/mol. The maximum atomic E-state index is 12.8. The monoisotopic (exact) mass is 199 g/mol. The molecule has 0 unspecified atom stereocenters. The summed E-state index contributed by atoms with van der Waals surface area (Å²) in [4.78, 5) is 0. The zero-order valence-electron chi connectivity index (χ0n) is 8.48. The molecule has 1 aromatic rings. The molecular weight excluding hydrogens is 184 g/mol. The van der Waals surface area contributed by atoms with Gasteiger partial charge in [0.05, 0.1) is 0 Å². The van der Waals surface area contributed by atoms with Crippen molar-refractivity contribution in [1.82, 2.24) is 5.32 Å². The van der Waals surface area contributed by atoms with Gasteiger partial charge in [-0.2, -0.15) is 0 Å². The lowest BCUT2D eigenvalue weighted by Gasteiger charge is -2.07. The maximum absolute atomic E-state index is 12.8. The number of rotatable bonds is 4. The van der Waals surface area contributed by atoms with E-state index in [4.69, 9.17) is 0 Å². The van der Waals surface area contributed by atoms with Gasteiger partial charge in [0.1, 0.15) is 0 Å². The van der Waals surface area contributed by atoms with Crippen LogP contribution in [0, 0.1) is 11.6 Å². The molecule has 3 heteroatoms. The van der Waals surface area contributed by atoms with Crippen molar-refractivity contribution in [2.45, 2.75) is 26.3 Å². The van der Waals surface area contributed by atoms with E-state index in [1.54, 1.807) is 6.07 Å². The molecule has 1 nitrogen and oxygen atoms in total. The molecule has 0 amide bonds. The second-order valence-electron chi connectivity index (χ2n) is 3.61. The van der Waals surface area contributed by atoms with Crippen molar-refractivity contribution in [2.24, 2.45) is 0 Å². The fourth-order valence-corrected chi connectivity index (χ4v) is 1.20. The lowest BCUT2D eigenvalue weighted by molar-refractivity contribution is 0.506. The average Bonchev–Trinajstić information content (AvgIpc) is 2.10. The first-order valence-electron chi connectivity index (χ1n) is 4.77. The van der Waals surface area contributed by atoms with Gasteiger partial charge in [0.25, 0.3) is 0 Å². The summed E-state index contributed by atoms with van der Waals surface area (Å²) >= 11 is 0. The number of halogens is 2. The Morgan fingerprint density at radius 2 is 1.93 bits per heavy atom. The Kier molecular flexibility index (Phi) is 4.01. The van der Waals surface area contributed by atoms with Crippen LogP contribution in [0.3, 0.4) is 0 Å². The highest BCUT2D eigenvalue weighted by atomic mass is 19.2. The van der Waals surface area contributed by atoms with E-state index in [9.17, 15) is 8.78 Å². The van der Waals surface area contributed by atoms with Gasteiger partial charge in [-0.25, -0.2) is 8.78 Å². The van der Waals surface area contributed by atoms with Gasteiger partial charge < -0.3 is 5.32 Å². The molecule has 0 bridgehead atoms. The third-order valence-electron chi connectivity index (χ3n) is 1.95. The van der Waals surface area contributed by atoms with Crippen molar-refractivity contribution in [2.75, 3.05) is 6.54 Å². The quantitative estimate of drug-likeness (QED) is 0.785. The number of hydrogen-bond acceptors (Lipinski definition) is 1. The van der Waals surface area contributed by atoms with Crippen molar-refractivity contribution >= 4 is 0 Å². The van der Waals surface area contributed by atoms with E-state index in [1.807, 2.05) is 13.8 Å². The molecule has 78 valence electrons. The Bertz CT molecular complexity index is 297. The highest BCUT2D eigenvalue weighted by molar-refractivity contribution is 5.17. The van der Waals surface area contributed by atoms with Crippen LogP contribution in [0.15, 0.2) is 18.2 Å². The molecule has 0 aliphatic carbocycles. The fourth-order valence-electron chi connectivity index (χ4n) is 1.20. The highest BCUT2D eigenvalue weighted by Gasteiger charge is 2.02. The van der Waals surface area contributed by atoms with Crippen molar-refractivity contribution < 1.29 is 8.78 Å². The third kappa shape index (κ3) is 3.42. The second kappa shape index (κ2) is 5.05. The Hall–Kier alpha value is -0.960. The van der Waals surface area contributed by atoms with Gasteiger partial charge >= 0.3 is 0 Å². The van der Waals surface area contributed by atoms with Gasteiger partial charge in [0.2, 0.25) is 0 Å².